The lowest BCUT2D eigenvalue weighted by Gasteiger charge is -2.03. The Kier molecular flexibility index (Phi) is 2.19. The van der Waals surface area contributed by atoms with Gasteiger partial charge in [0.15, 0.2) is 11.5 Å². The highest BCUT2D eigenvalue weighted by Crippen LogP contribution is 2.35. The molecule has 0 atom stereocenters. The van der Waals surface area contributed by atoms with Crippen LogP contribution in [0.2, 0.25) is 0 Å². The molecule has 3 rings (SSSR count). The number of benzene rings is 1. The summed E-state index contributed by atoms with van der Waals surface area (Å²) in [6.45, 7) is 0.657. The van der Waals surface area contributed by atoms with Gasteiger partial charge in [0.25, 0.3) is 0 Å². The second-order valence-electron chi connectivity index (χ2n) is 3.55. The van der Waals surface area contributed by atoms with Crippen molar-refractivity contribution in [1.82, 2.24) is 15.0 Å². The van der Waals surface area contributed by atoms with Crippen molar-refractivity contribution in [1.29, 1.82) is 0 Å². The molecule has 0 saturated carbocycles. The molecule has 0 spiro atoms. The average Bonchev–Trinajstić information content (AvgIpc) is 2.96. The van der Waals surface area contributed by atoms with Crippen molar-refractivity contribution in [2.24, 2.45) is 0 Å². The Balaban J connectivity index is 2.04. The zero-order valence-electron chi connectivity index (χ0n) is 8.96. The monoisotopic (exact) mass is 227 g/mol. The first-order chi connectivity index (χ1) is 8.38. The highest BCUT2D eigenvalue weighted by Gasteiger charge is 2.15. The van der Waals surface area contributed by atoms with Crippen molar-refractivity contribution in [3.8, 4) is 35.1 Å². The summed E-state index contributed by atoms with van der Waals surface area (Å²) in [5.41, 5.74) is 1.82. The van der Waals surface area contributed by atoms with Gasteiger partial charge in [-0.2, -0.15) is 0 Å². The van der Waals surface area contributed by atoms with Crippen LogP contribution in [0.5, 0.6) is 11.5 Å². The highest BCUT2D eigenvalue weighted by molar-refractivity contribution is 5.64. The SMILES string of the molecule is C#CCn1nncc1-c1ccc2c(c1)OCO2. The highest BCUT2D eigenvalue weighted by atomic mass is 16.7. The van der Waals surface area contributed by atoms with Crippen molar-refractivity contribution < 1.29 is 9.47 Å². The van der Waals surface area contributed by atoms with E-state index in [1.54, 1.807) is 10.9 Å². The molecule has 5 nitrogen and oxygen atoms in total. The number of rotatable bonds is 2. The van der Waals surface area contributed by atoms with Gasteiger partial charge >= 0.3 is 0 Å². The molecule has 0 saturated heterocycles. The largest absolute Gasteiger partial charge is 0.454 e. The van der Waals surface area contributed by atoms with E-state index in [0.29, 0.717) is 6.54 Å². The molecule has 0 amide bonds. The van der Waals surface area contributed by atoms with Crippen molar-refractivity contribution >= 4 is 0 Å². The second-order valence-corrected chi connectivity index (χ2v) is 3.55. The van der Waals surface area contributed by atoms with E-state index < -0.39 is 0 Å². The van der Waals surface area contributed by atoms with Crippen molar-refractivity contribution in [2.45, 2.75) is 6.54 Å². The maximum absolute atomic E-state index is 5.32. The van der Waals surface area contributed by atoms with Crippen LogP contribution in [0, 0.1) is 12.3 Å². The van der Waals surface area contributed by atoms with Gasteiger partial charge in [-0.15, -0.1) is 11.5 Å². The van der Waals surface area contributed by atoms with Gasteiger partial charge in [-0.1, -0.05) is 11.1 Å². The normalized spacial score (nSPS) is 12.4. The van der Waals surface area contributed by atoms with Crippen LogP contribution in [-0.4, -0.2) is 21.8 Å². The third-order valence-electron chi connectivity index (χ3n) is 2.53. The average molecular weight is 227 g/mol. The molecule has 84 valence electrons. The molecule has 2 aromatic rings. The number of fused-ring (bicyclic) bond motifs is 1. The van der Waals surface area contributed by atoms with Crippen LogP contribution in [0.3, 0.4) is 0 Å². The van der Waals surface area contributed by atoms with Crippen LogP contribution in [0.25, 0.3) is 11.3 Å². The molecule has 5 heteroatoms. The van der Waals surface area contributed by atoms with E-state index in [-0.39, 0.29) is 6.79 Å². The molecule has 0 aliphatic carbocycles. The van der Waals surface area contributed by atoms with Gasteiger partial charge < -0.3 is 9.47 Å². The molecule has 0 bridgehead atoms. The molecule has 2 heterocycles. The third kappa shape index (κ3) is 1.60. The molecule has 0 N–H and O–H groups in total. The molecule has 0 radical (unpaired) electrons. The van der Waals surface area contributed by atoms with Crippen molar-refractivity contribution in [3.05, 3.63) is 24.4 Å². The number of ether oxygens (including phenoxy) is 2. The lowest BCUT2D eigenvalue weighted by Crippen LogP contribution is -2.00. The maximum atomic E-state index is 5.32. The van der Waals surface area contributed by atoms with Crippen LogP contribution in [0.4, 0.5) is 0 Å². The molecule has 17 heavy (non-hydrogen) atoms. The number of nitrogens with zero attached hydrogens (tertiary/aromatic N) is 3. The lowest BCUT2D eigenvalue weighted by molar-refractivity contribution is 0.174. The van der Waals surface area contributed by atoms with Gasteiger partial charge in [0.05, 0.1) is 11.9 Å². The number of hydrogen-bond donors (Lipinski definition) is 0. The fourth-order valence-electron chi connectivity index (χ4n) is 1.74. The molecule has 1 aromatic carbocycles. The van der Waals surface area contributed by atoms with Crippen molar-refractivity contribution in [2.75, 3.05) is 6.79 Å². The molecule has 1 aliphatic heterocycles. The molecule has 0 fully saturated rings. The van der Waals surface area contributed by atoms with Crippen LogP contribution >= 0.6 is 0 Å². The molecule has 1 aromatic heterocycles. The summed E-state index contributed by atoms with van der Waals surface area (Å²) in [4.78, 5) is 0. The van der Waals surface area contributed by atoms with Gasteiger partial charge in [0, 0.05) is 5.56 Å². The quantitative estimate of drug-likeness (QED) is 0.726. The van der Waals surface area contributed by atoms with Crippen LogP contribution in [-0.2, 0) is 6.54 Å². The first-order valence-electron chi connectivity index (χ1n) is 5.10. The van der Waals surface area contributed by atoms with Crippen LogP contribution < -0.4 is 9.47 Å². The zero-order valence-corrected chi connectivity index (χ0v) is 8.96. The van der Waals surface area contributed by atoms with Crippen LogP contribution in [0.15, 0.2) is 24.4 Å². The number of terminal acetylenes is 1. The zero-order chi connectivity index (χ0) is 11.7. The van der Waals surface area contributed by atoms with Crippen LogP contribution in [0.1, 0.15) is 0 Å². The number of hydrogen-bond acceptors (Lipinski definition) is 4. The minimum atomic E-state index is 0.265. The summed E-state index contributed by atoms with van der Waals surface area (Å²) >= 11 is 0. The van der Waals surface area contributed by atoms with Gasteiger partial charge in [-0.3, -0.25) is 0 Å². The van der Waals surface area contributed by atoms with Crippen molar-refractivity contribution in [3.63, 3.8) is 0 Å². The molecule has 0 unspecified atom stereocenters. The third-order valence-corrected chi connectivity index (χ3v) is 2.53. The second kappa shape index (κ2) is 3.83. The Hall–Kier alpha value is -2.48. The Morgan fingerprint density at radius 1 is 1.35 bits per heavy atom. The predicted molar refractivity (Wildman–Crippen MR) is 60.4 cm³/mol. The Bertz CT molecular complexity index is 598. The minimum Gasteiger partial charge on any atom is -0.454 e. The molecule has 1 aliphatic rings. The Labute approximate surface area is 98.0 Å². The molecular formula is C12H9N3O2. The summed E-state index contributed by atoms with van der Waals surface area (Å²) < 4.78 is 12.2. The topological polar surface area (TPSA) is 49.2 Å². The summed E-state index contributed by atoms with van der Waals surface area (Å²) in [6, 6.07) is 5.69. The fourth-order valence-corrected chi connectivity index (χ4v) is 1.74. The first kappa shape index (κ1) is 9.73. The standard InChI is InChI=1S/C12H9N3O2/c1-2-5-15-10(7-13-14-15)9-3-4-11-12(6-9)17-8-16-11/h1,3-4,6-7H,5,8H2. The van der Waals surface area contributed by atoms with E-state index in [4.69, 9.17) is 15.9 Å². The summed E-state index contributed by atoms with van der Waals surface area (Å²) in [6.07, 6.45) is 6.95. The smallest absolute Gasteiger partial charge is 0.231 e. The number of aromatic nitrogens is 3. The fraction of sp³-hybridized carbons (Fsp3) is 0.167. The van der Waals surface area contributed by atoms with Gasteiger partial charge in [-0.05, 0) is 18.2 Å². The minimum absolute atomic E-state index is 0.265. The van der Waals surface area contributed by atoms with E-state index >= 15 is 0 Å². The van der Waals surface area contributed by atoms with Gasteiger partial charge in [0.1, 0.15) is 6.54 Å². The van der Waals surface area contributed by atoms with E-state index in [1.807, 2.05) is 18.2 Å². The predicted octanol–water partition coefficient (Wildman–Crippen LogP) is 1.31. The van der Waals surface area contributed by atoms with E-state index in [2.05, 4.69) is 16.2 Å². The van der Waals surface area contributed by atoms with E-state index in [9.17, 15) is 0 Å². The summed E-state index contributed by atoms with van der Waals surface area (Å²) in [5, 5.41) is 7.78. The lowest BCUT2D eigenvalue weighted by atomic mass is 10.1. The van der Waals surface area contributed by atoms with Gasteiger partial charge in [0.2, 0.25) is 6.79 Å². The first-order valence-corrected chi connectivity index (χ1v) is 5.10. The molecular weight excluding hydrogens is 218 g/mol. The van der Waals surface area contributed by atoms with Gasteiger partial charge in [-0.25, -0.2) is 4.68 Å². The summed E-state index contributed by atoms with van der Waals surface area (Å²) in [7, 11) is 0. The Morgan fingerprint density at radius 3 is 3.12 bits per heavy atom. The van der Waals surface area contributed by atoms with E-state index in [0.717, 1.165) is 22.8 Å². The maximum Gasteiger partial charge on any atom is 0.231 e. The summed E-state index contributed by atoms with van der Waals surface area (Å²) in [5.74, 6) is 4.02. The Morgan fingerprint density at radius 2 is 2.24 bits per heavy atom. The van der Waals surface area contributed by atoms with E-state index in [1.165, 1.54) is 0 Å².